The van der Waals surface area contributed by atoms with Crippen LogP contribution in [0.25, 0.3) is 0 Å². The molecule has 0 aliphatic heterocycles. The lowest BCUT2D eigenvalue weighted by Crippen LogP contribution is -2.25. The Kier molecular flexibility index (Phi) is 10.1. The molecule has 0 rings (SSSR count). The molecule has 0 fully saturated rings. The largest absolute Gasteiger partial charge is 0.499 e. The molecule has 0 spiro atoms. The third kappa shape index (κ3) is 8.04. The van der Waals surface area contributed by atoms with Gasteiger partial charge in [-0.15, -0.1) is 0 Å². The van der Waals surface area contributed by atoms with Gasteiger partial charge in [-0.2, -0.15) is 0 Å². The van der Waals surface area contributed by atoms with Crippen LogP contribution in [0.2, 0.25) is 0 Å². The highest BCUT2D eigenvalue weighted by Gasteiger charge is 2.07. The predicted octanol–water partition coefficient (Wildman–Crippen LogP) is 1.38. The molecule has 83 valence electrons. The monoisotopic (exact) mass is 203 g/mol. The van der Waals surface area contributed by atoms with E-state index in [-0.39, 0.29) is 6.29 Å². The second kappa shape index (κ2) is 10.5. The molecule has 0 saturated heterocycles. The molecule has 0 amide bonds. The summed E-state index contributed by atoms with van der Waals surface area (Å²) in [6.45, 7) is 11.2. The zero-order valence-electron chi connectivity index (χ0n) is 8.74. The number of hydrogen-bond donors (Lipinski definition) is 0. The van der Waals surface area contributed by atoms with Gasteiger partial charge in [0.25, 0.3) is 0 Å². The molecule has 0 aliphatic carbocycles. The smallest absolute Gasteiger partial charge is 0.180 e. The van der Waals surface area contributed by atoms with Crippen molar-refractivity contribution in [2.45, 2.75) is 13.2 Å². The third-order valence-electron chi connectivity index (χ3n) is 1.37. The Balaban J connectivity index is 3.45. The summed E-state index contributed by atoms with van der Waals surface area (Å²) in [5, 5.41) is 0. The van der Waals surface area contributed by atoms with Gasteiger partial charge in [0, 0.05) is 13.2 Å². The molecule has 0 heterocycles. The minimum atomic E-state index is -0.338. The van der Waals surface area contributed by atoms with E-state index in [9.17, 15) is 0 Å². The van der Waals surface area contributed by atoms with Crippen LogP contribution < -0.4 is 0 Å². The molecule has 1 unspecified atom stereocenters. The van der Waals surface area contributed by atoms with E-state index >= 15 is 0 Å². The Labute approximate surface area is 85.8 Å². The van der Waals surface area contributed by atoms with Gasteiger partial charge < -0.3 is 18.9 Å². The second-order valence-corrected chi connectivity index (χ2v) is 2.37. The average Bonchev–Trinajstić information content (AvgIpc) is 2.20. The Morgan fingerprint density at radius 3 is 2.64 bits per heavy atom. The van der Waals surface area contributed by atoms with E-state index in [1.165, 1.54) is 6.26 Å². The van der Waals surface area contributed by atoms with Crippen molar-refractivity contribution in [2.24, 2.45) is 0 Å². The number of rotatable bonds is 10. The van der Waals surface area contributed by atoms with Crippen molar-refractivity contribution in [3.8, 4) is 0 Å². The average molecular weight is 203 g/mol. The molecule has 0 aromatic heterocycles. The van der Waals surface area contributed by atoms with Crippen molar-refractivity contribution in [3.63, 3.8) is 0 Å². The predicted molar refractivity (Wildman–Crippen MR) is 53.7 cm³/mol. The van der Waals surface area contributed by atoms with E-state index in [1.54, 1.807) is 0 Å². The van der Waals surface area contributed by atoms with Crippen molar-refractivity contribution < 1.29 is 18.9 Å². The maximum Gasteiger partial charge on any atom is 0.180 e. The lowest BCUT2D eigenvalue weighted by atomic mass is 10.6. The van der Waals surface area contributed by atoms with Crippen molar-refractivity contribution in [2.75, 3.05) is 33.0 Å². The molecular weight excluding hydrogens is 184 g/mol. The summed E-state index contributed by atoms with van der Waals surface area (Å²) >= 11 is 0. The molecule has 0 bridgehead atoms. The van der Waals surface area contributed by atoms with Crippen molar-refractivity contribution in [1.82, 2.24) is 0 Å². The normalized spacial score (nSPS) is 12.4. The van der Waals surface area contributed by atoms with Gasteiger partial charge in [-0.1, -0.05) is 6.58 Å². The summed E-state index contributed by atoms with van der Waals surface area (Å²) in [6, 6.07) is 0. The second-order valence-electron chi connectivity index (χ2n) is 2.37. The van der Waals surface area contributed by atoms with Crippen molar-refractivity contribution >= 4 is 0 Å². The van der Waals surface area contributed by atoms with Crippen LogP contribution in [0.1, 0.15) is 6.92 Å². The third-order valence-corrected chi connectivity index (χ3v) is 1.37. The van der Waals surface area contributed by atoms with Crippen LogP contribution in [-0.2, 0) is 18.9 Å². The van der Waals surface area contributed by atoms with Crippen LogP contribution >= 0.6 is 0 Å². The Morgan fingerprint density at radius 1 is 1.29 bits per heavy atom. The Bertz CT molecular complexity index is 127. The summed E-state index contributed by atoms with van der Waals surface area (Å²) in [4.78, 5) is 0. The van der Waals surface area contributed by atoms with Gasteiger partial charge in [-0.3, -0.25) is 0 Å². The molecule has 14 heavy (non-hydrogen) atoms. The van der Waals surface area contributed by atoms with Crippen molar-refractivity contribution in [1.29, 1.82) is 0 Å². The highest BCUT2D eigenvalue weighted by atomic mass is 16.7. The fourth-order valence-electron chi connectivity index (χ4n) is 0.821. The van der Waals surface area contributed by atoms with Gasteiger partial charge in [-0.25, -0.2) is 0 Å². The molecule has 4 heteroatoms. The van der Waals surface area contributed by atoms with Gasteiger partial charge in [0.05, 0.1) is 19.5 Å². The van der Waals surface area contributed by atoms with Crippen LogP contribution in [-0.4, -0.2) is 39.3 Å². The molecule has 0 N–H and O–H groups in total. The SMILES string of the molecule is [CH2]COCC(OCC)OCCOC=C. The zero-order chi connectivity index (χ0) is 10.6. The summed E-state index contributed by atoms with van der Waals surface area (Å²) in [5.74, 6) is 0. The Morgan fingerprint density at radius 2 is 2.07 bits per heavy atom. The lowest BCUT2D eigenvalue weighted by molar-refractivity contribution is -0.172. The van der Waals surface area contributed by atoms with Crippen LogP contribution in [0.3, 0.4) is 0 Å². The van der Waals surface area contributed by atoms with E-state index in [0.29, 0.717) is 33.0 Å². The maximum atomic E-state index is 5.34. The molecular formula is C10H19O4. The molecule has 1 atom stereocenters. The first-order chi connectivity index (χ1) is 6.85. The van der Waals surface area contributed by atoms with Gasteiger partial charge >= 0.3 is 0 Å². The van der Waals surface area contributed by atoms with Gasteiger partial charge in [0.15, 0.2) is 6.29 Å². The van der Waals surface area contributed by atoms with Crippen LogP contribution in [0.15, 0.2) is 12.8 Å². The first-order valence-electron chi connectivity index (χ1n) is 4.67. The molecule has 0 aromatic rings. The highest BCUT2D eigenvalue weighted by Crippen LogP contribution is 1.96. The van der Waals surface area contributed by atoms with Gasteiger partial charge in [0.1, 0.15) is 6.61 Å². The minimum Gasteiger partial charge on any atom is -0.499 e. The first kappa shape index (κ1) is 13.4. The summed E-state index contributed by atoms with van der Waals surface area (Å²) in [7, 11) is 0. The van der Waals surface area contributed by atoms with Crippen LogP contribution in [0.4, 0.5) is 0 Å². The minimum absolute atomic E-state index is 0.338. The molecule has 4 nitrogen and oxygen atoms in total. The highest BCUT2D eigenvalue weighted by molar-refractivity contribution is 4.49. The van der Waals surface area contributed by atoms with Crippen LogP contribution in [0.5, 0.6) is 0 Å². The fraction of sp³-hybridized carbons (Fsp3) is 0.700. The van der Waals surface area contributed by atoms with Crippen molar-refractivity contribution in [3.05, 3.63) is 19.8 Å². The Hall–Kier alpha value is -0.580. The molecule has 0 aliphatic rings. The van der Waals surface area contributed by atoms with Gasteiger partial charge in [0.2, 0.25) is 0 Å². The van der Waals surface area contributed by atoms with E-state index in [4.69, 9.17) is 18.9 Å². The summed E-state index contributed by atoms with van der Waals surface area (Å²) in [6.07, 6.45) is 1.04. The van der Waals surface area contributed by atoms with Gasteiger partial charge in [-0.05, 0) is 13.8 Å². The molecule has 0 saturated carbocycles. The topological polar surface area (TPSA) is 36.9 Å². The quantitative estimate of drug-likeness (QED) is 0.305. The van der Waals surface area contributed by atoms with E-state index in [2.05, 4.69) is 13.5 Å². The molecule has 1 radical (unpaired) electrons. The van der Waals surface area contributed by atoms with E-state index in [1.807, 2.05) is 6.92 Å². The van der Waals surface area contributed by atoms with E-state index in [0.717, 1.165) is 0 Å². The van der Waals surface area contributed by atoms with E-state index < -0.39 is 0 Å². The fourth-order valence-corrected chi connectivity index (χ4v) is 0.821. The standard InChI is InChI=1S/C10H19O4/c1-4-11-7-8-14-10(13-6-3)9-12-5-2/h4,10H,1-2,5-9H2,3H3. The lowest BCUT2D eigenvalue weighted by Gasteiger charge is -2.17. The zero-order valence-corrected chi connectivity index (χ0v) is 8.74. The first-order valence-corrected chi connectivity index (χ1v) is 4.67. The number of ether oxygens (including phenoxy) is 4. The molecule has 0 aromatic carbocycles. The summed E-state index contributed by atoms with van der Waals surface area (Å²) < 4.78 is 20.6. The number of hydrogen-bond acceptors (Lipinski definition) is 4. The summed E-state index contributed by atoms with van der Waals surface area (Å²) in [5.41, 5.74) is 0. The maximum absolute atomic E-state index is 5.34. The van der Waals surface area contributed by atoms with Crippen LogP contribution in [0, 0.1) is 6.92 Å².